The Bertz CT molecular complexity index is 1330. The van der Waals surface area contributed by atoms with Crippen LogP contribution in [0.3, 0.4) is 0 Å². The van der Waals surface area contributed by atoms with Crippen LogP contribution in [-0.4, -0.2) is 46.5 Å². The van der Waals surface area contributed by atoms with Crippen molar-refractivity contribution in [1.82, 2.24) is 20.2 Å². The van der Waals surface area contributed by atoms with Crippen LogP contribution in [0.15, 0.2) is 54.7 Å². The molecule has 5 nitrogen and oxygen atoms in total. The number of carbonyl (C=O) groups excluding carboxylic acids is 1. The number of nitrogens with zero attached hydrogens (tertiary/aromatic N) is 2. The molecule has 2 aliphatic heterocycles. The molecule has 2 aromatic carbocycles. The van der Waals surface area contributed by atoms with E-state index in [-0.39, 0.29) is 5.91 Å². The minimum Gasteiger partial charge on any atom is -0.353 e. The summed E-state index contributed by atoms with van der Waals surface area (Å²) in [5, 5.41) is 7.11. The van der Waals surface area contributed by atoms with E-state index in [2.05, 4.69) is 21.4 Å². The van der Waals surface area contributed by atoms with E-state index in [0.29, 0.717) is 33.6 Å². The highest BCUT2D eigenvalue weighted by molar-refractivity contribution is 6.34. The maximum Gasteiger partial charge on any atom is 0.272 e. The molecule has 0 bridgehead atoms. The van der Waals surface area contributed by atoms with Crippen molar-refractivity contribution in [3.63, 3.8) is 0 Å². The van der Waals surface area contributed by atoms with Gasteiger partial charge in [0.05, 0.1) is 11.7 Å². The summed E-state index contributed by atoms with van der Waals surface area (Å²) >= 11 is 12.4. The summed E-state index contributed by atoms with van der Waals surface area (Å²) in [7, 11) is 0. The lowest BCUT2D eigenvalue weighted by atomic mass is 9.90. The van der Waals surface area contributed by atoms with E-state index in [1.807, 2.05) is 41.3 Å². The number of fused-ring (bicyclic) bond motifs is 4. The first-order chi connectivity index (χ1) is 15.5. The number of amides is 1. The second-order valence-electron chi connectivity index (χ2n) is 8.92. The molecule has 4 heterocycles. The third kappa shape index (κ3) is 3.45. The molecule has 3 atom stereocenters. The van der Waals surface area contributed by atoms with Gasteiger partial charge in [0, 0.05) is 52.0 Å². The number of rotatable bonds is 3. The molecular weight excluding hydrogens is 443 g/mol. The number of carbonyl (C=O) groups is 1. The zero-order chi connectivity index (χ0) is 21.8. The molecule has 2 aliphatic rings. The van der Waals surface area contributed by atoms with Crippen molar-refractivity contribution in [2.45, 2.75) is 12.5 Å². The molecule has 2 fully saturated rings. The normalized spacial score (nSPS) is 22.7. The first-order valence-electron chi connectivity index (χ1n) is 10.9. The number of para-hydroxylation sites is 1. The smallest absolute Gasteiger partial charge is 0.272 e. The van der Waals surface area contributed by atoms with E-state index in [9.17, 15) is 4.79 Å². The summed E-state index contributed by atoms with van der Waals surface area (Å²) in [6.45, 7) is 2.42. The third-order valence-electron chi connectivity index (χ3n) is 6.93. The topological polar surface area (TPSA) is 61.0 Å². The molecule has 1 unspecified atom stereocenters. The summed E-state index contributed by atoms with van der Waals surface area (Å²) in [5.74, 6) is 0.875. The number of H-pyrrole nitrogens is 1. The molecule has 2 aromatic heterocycles. The number of halogens is 2. The highest BCUT2D eigenvalue weighted by Crippen LogP contribution is 2.34. The Hall–Kier alpha value is -2.60. The Labute approximate surface area is 195 Å². The fourth-order valence-electron chi connectivity index (χ4n) is 5.42. The van der Waals surface area contributed by atoms with E-state index < -0.39 is 0 Å². The molecule has 4 aromatic rings. The summed E-state index contributed by atoms with van der Waals surface area (Å²) in [4.78, 5) is 23.1. The lowest BCUT2D eigenvalue weighted by Crippen LogP contribution is -2.36. The monoisotopic (exact) mass is 464 g/mol. The van der Waals surface area contributed by atoms with Crippen LogP contribution in [0.25, 0.3) is 21.8 Å². The van der Waals surface area contributed by atoms with Gasteiger partial charge in [0.1, 0.15) is 5.69 Å². The van der Waals surface area contributed by atoms with Gasteiger partial charge < -0.3 is 15.2 Å². The minimum absolute atomic E-state index is 0.0103. The number of benzene rings is 2. The van der Waals surface area contributed by atoms with Crippen LogP contribution in [0.1, 0.15) is 16.1 Å². The molecule has 0 spiro atoms. The summed E-state index contributed by atoms with van der Waals surface area (Å²) in [6.07, 6.45) is 2.62. The van der Waals surface area contributed by atoms with Gasteiger partial charge in [-0.1, -0.05) is 41.4 Å². The molecule has 2 N–H and O–H groups in total. The van der Waals surface area contributed by atoms with E-state index in [4.69, 9.17) is 23.2 Å². The number of aromatic amines is 1. The van der Waals surface area contributed by atoms with Crippen LogP contribution < -0.4 is 5.32 Å². The molecule has 162 valence electrons. The molecule has 2 saturated heterocycles. The van der Waals surface area contributed by atoms with Crippen molar-refractivity contribution in [3.8, 4) is 0 Å². The zero-order valence-electron chi connectivity index (χ0n) is 17.3. The molecule has 0 saturated carbocycles. The Morgan fingerprint density at radius 2 is 1.84 bits per heavy atom. The molecule has 7 heteroatoms. The number of hydrogen-bond donors (Lipinski definition) is 2. The van der Waals surface area contributed by atoms with Gasteiger partial charge in [-0.3, -0.25) is 4.79 Å². The first kappa shape index (κ1) is 20.0. The standard InChI is InChI=1S/C25H22Cl2N4O/c26-16-5-14(6-17(27)8-16)7-22-20-13-31(12-15(20)10-28-22)25(32)23-9-19-18-3-1-2-4-21(18)30-24(19)11-29-23/h1-6,8-9,11,15,20,22,28,30H,7,10,12-13H2/t15-,20-,22?/m1/s1. The van der Waals surface area contributed by atoms with E-state index in [1.165, 1.54) is 0 Å². The predicted molar refractivity (Wildman–Crippen MR) is 128 cm³/mol. The van der Waals surface area contributed by atoms with Crippen molar-refractivity contribution < 1.29 is 4.79 Å². The fraction of sp³-hybridized carbons (Fsp3) is 0.280. The Kier molecular flexibility index (Phi) is 4.86. The Morgan fingerprint density at radius 1 is 1.03 bits per heavy atom. The minimum atomic E-state index is 0.0103. The zero-order valence-corrected chi connectivity index (χ0v) is 18.8. The van der Waals surface area contributed by atoms with Gasteiger partial charge in [0.15, 0.2) is 0 Å². The molecule has 0 radical (unpaired) electrons. The Morgan fingerprint density at radius 3 is 2.69 bits per heavy atom. The second-order valence-corrected chi connectivity index (χ2v) is 9.79. The van der Waals surface area contributed by atoms with Crippen molar-refractivity contribution in [3.05, 3.63) is 76.0 Å². The van der Waals surface area contributed by atoms with Crippen LogP contribution in [0.4, 0.5) is 0 Å². The van der Waals surface area contributed by atoms with Gasteiger partial charge in [-0.15, -0.1) is 0 Å². The maximum atomic E-state index is 13.3. The molecule has 0 aliphatic carbocycles. The van der Waals surface area contributed by atoms with Crippen molar-refractivity contribution in [2.75, 3.05) is 19.6 Å². The SMILES string of the molecule is O=C(c1cc2c(cn1)[nH]c1ccccc12)N1C[C@H]2CNC(Cc3cc(Cl)cc(Cl)c3)[C@@H]2C1. The van der Waals surface area contributed by atoms with Crippen LogP contribution in [0.2, 0.25) is 10.0 Å². The highest BCUT2D eigenvalue weighted by Gasteiger charge is 2.44. The average Bonchev–Trinajstić information content (AvgIpc) is 3.45. The predicted octanol–water partition coefficient (Wildman–Crippen LogP) is 4.93. The number of nitrogens with one attached hydrogen (secondary N) is 2. The van der Waals surface area contributed by atoms with Crippen molar-refractivity contribution in [1.29, 1.82) is 0 Å². The van der Waals surface area contributed by atoms with Crippen molar-refractivity contribution >= 4 is 50.9 Å². The quantitative estimate of drug-likeness (QED) is 0.451. The molecular formula is C25H22Cl2N4O. The van der Waals surface area contributed by atoms with Gasteiger partial charge in [-0.2, -0.15) is 0 Å². The molecule has 1 amide bonds. The van der Waals surface area contributed by atoms with E-state index in [1.54, 1.807) is 12.3 Å². The number of likely N-dealkylation sites (tertiary alicyclic amines) is 1. The summed E-state index contributed by atoms with van der Waals surface area (Å²) < 4.78 is 0. The van der Waals surface area contributed by atoms with Crippen molar-refractivity contribution in [2.24, 2.45) is 11.8 Å². The van der Waals surface area contributed by atoms with Gasteiger partial charge in [-0.25, -0.2) is 4.98 Å². The van der Waals surface area contributed by atoms with Crippen LogP contribution >= 0.6 is 23.2 Å². The lowest BCUT2D eigenvalue weighted by Gasteiger charge is -2.21. The number of pyridine rings is 1. The van der Waals surface area contributed by atoms with Gasteiger partial charge in [0.25, 0.3) is 5.91 Å². The van der Waals surface area contributed by atoms with Crippen LogP contribution in [-0.2, 0) is 6.42 Å². The average molecular weight is 465 g/mol. The highest BCUT2D eigenvalue weighted by atomic mass is 35.5. The summed E-state index contributed by atoms with van der Waals surface area (Å²) in [6, 6.07) is 16.1. The lowest BCUT2D eigenvalue weighted by molar-refractivity contribution is 0.0773. The van der Waals surface area contributed by atoms with Crippen LogP contribution in [0, 0.1) is 11.8 Å². The largest absolute Gasteiger partial charge is 0.353 e. The number of hydrogen-bond acceptors (Lipinski definition) is 3. The second kappa shape index (κ2) is 7.77. The Balaban J connectivity index is 1.22. The summed E-state index contributed by atoms with van der Waals surface area (Å²) in [5.41, 5.74) is 3.63. The van der Waals surface area contributed by atoms with E-state index in [0.717, 1.165) is 53.4 Å². The number of aromatic nitrogens is 2. The maximum absolute atomic E-state index is 13.3. The first-order valence-corrected chi connectivity index (χ1v) is 11.6. The molecule has 6 rings (SSSR count). The van der Waals surface area contributed by atoms with Gasteiger partial charge in [0.2, 0.25) is 0 Å². The molecule has 32 heavy (non-hydrogen) atoms. The fourth-order valence-corrected chi connectivity index (χ4v) is 5.99. The van der Waals surface area contributed by atoms with Crippen LogP contribution in [0.5, 0.6) is 0 Å². The van der Waals surface area contributed by atoms with Gasteiger partial charge in [-0.05, 0) is 54.2 Å². The van der Waals surface area contributed by atoms with Gasteiger partial charge >= 0.3 is 0 Å². The third-order valence-corrected chi connectivity index (χ3v) is 7.36. The van der Waals surface area contributed by atoms with E-state index >= 15 is 0 Å².